The fraction of sp³-hybridized carbons (Fsp3) is 0.545. The van der Waals surface area contributed by atoms with Gasteiger partial charge >= 0.3 is 5.97 Å². The number of benzene rings is 1. The molecule has 0 aromatic heterocycles. The molecule has 0 fully saturated rings. The van der Waals surface area contributed by atoms with E-state index in [4.69, 9.17) is 22.9 Å². The van der Waals surface area contributed by atoms with Gasteiger partial charge in [0.05, 0.1) is 6.04 Å². The topological polar surface area (TPSA) is 212 Å². The van der Waals surface area contributed by atoms with Crippen molar-refractivity contribution in [2.75, 3.05) is 13.1 Å². The molecule has 2 amide bonds. The number of aliphatic imine (C=N–C) groups is 1. The molecular formula is C22H37N7O4. The van der Waals surface area contributed by atoms with Crippen molar-refractivity contribution < 1.29 is 19.5 Å². The van der Waals surface area contributed by atoms with Crippen molar-refractivity contribution in [1.82, 2.24) is 10.6 Å². The molecule has 11 N–H and O–H groups in total. The molecule has 0 saturated carbocycles. The van der Waals surface area contributed by atoms with Gasteiger partial charge in [-0.1, -0.05) is 30.3 Å². The van der Waals surface area contributed by atoms with Crippen LogP contribution in [-0.4, -0.2) is 60.1 Å². The van der Waals surface area contributed by atoms with Gasteiger partial charge in [0.25, 0.3) is 0 Å². The summed E-state index contributed by atoms with van der Waals surface area (Å²) in [4.78, 5) is 40.9. The van der Waals surface area contributed by atoms with Crippen LogP contribution in [0, 0.1) is 0 Å². The summed E-state index contributed by atoms with van der Waals surface area (Å²) in [7, 11) is 0. The van der Waals surface area contributed by atoms with Gasteiger partial charge in [-0.3, -0.25) is 14.6 Å². The number of carbonyl (C=O) groups excluding carboxylic acids is 2. The number of carboxylic acid groups (broad SMARTS) is 1. The third-order valence-corrected chi connectivity index (χ3v) is 5.06. The van der Waals surface area contributed by atoms with E-state index in [1.54, 1.807) is 0 Å². The molecule has 0 bridgehead atoms. The zero-order chi connectivity index (χ0) is 24.6. The summed E-state index contributed by atoms with van der Waals surface area (Å²) in [5.74, 6) is -2.23. The number of nitrogens with two attached hydrogens (primary N) is 4. The number of rotatable bonds is 16. The highest BCUT2D eigenvalue weighted by Gasteiger charge is 2.27. The van der Waals surface area contributed by atoms with E-state index < -0.39 is 35.9 Å². The number of carbonyl (C=O) groups is 3. The largest absolute Gasteiger partial charge is 0.480 e. The summed E-state index contributed by atoms with van der Waals surface area (Å²) in [6, 6.07) is 6.63. The number of hydrogen-bond donors (Lipinski definition) is 7. The Morgan fingerprint density at radius 3 is 2.18 bits per heavy atom. The van der Waals surface area contributed by atoms with E-state index >= 15 is 0 Å². The molecule has 0 aliphatic heterocycles. The van der Waals surface area contributed by atoms with Crippen LogP contribution in [0.2, 0.25) is 0 Å². The third-order valence-electron chi connectivity index (χ3n) is 5.06. The van der Waals surface area contributed by atoms with Crippen LogP contribution >= 0.6 is 0 Å². The number of carboxylic acids is 1. The van der Waals surface area contributed by atoms with Gasteiger partial charge in [0.2, 0.25) is 11.8 Å². The first-order chi connectivity index (χ1) is 15.7. The molecule has 11 heteroatoms. The Labute approximate surface area is 194 Å². The number of unbranched alkanes of at least 4 members (excludes halogenated alkanes) is 1. The molecule has 184 valence electrons. The van der Waals surface area contributed by atoms with Gasteiger partial charge in [-0.25, -0.2) is 4.79 Å². The molecule has 3 atom stereocenters. The molecule has 1 aromatic carbocycles. The first-order valence-corrected chi connectivity index (χ1v) is 11.1. The number of aliphatic carboxylic acids is 1. The minimum Gasteiger partial charge on any atom is -0.480 e. The summed E-state index contributed by atoms with van der Waals surface area (Å²) in [5.41, 5.74) is 23.0. The van der Waals surface area contributed by atoms with Gasteiger partial charge in [0.15, 0.2) is 5.96 Å². The average molecular weight is 464 g/mol. The third kappa shape index (κ3) is 11.9. The van der Waals surface area contributed by atoms with Crippen LogP contribution < -0.4 is 33.6 Å². The maximum Gasteiger partial charge on any atom is 0.326 e. The lowest BCUT2D eigenvalue weighted by molar-refractivity contribution is -0.142. The lowest BCUT2D eigenvalue weighted by Gasteiger charge is -2.23. The molecule has 0 saturated heterocycles. The zero-order valence-corrected chi connectivity index (χ0v) is 18.9. The first kappa shape index (κ1) is 27.9. The second-order valence-electron chi connectivity index (χ2n) is 7.82. The van der Waals surface area contributed by atoms with Crippen LogP contribution in [-0.2, 0) is 20.8 Å². The van der Waals surface area contributed by atoms with Crippen LogP contribution in [0.1, 0.15) is 44.1 Å². The highest BCUT2D eigenvalue weighted by atomic mass is 16.4. The summed E-state index contributed by atoms with van der Waals surface area (Å²) >= 11 is 0. The standard InChI is InChI=1S/C22H37N7O4/c23-13-5-4-10-18(21(32)33)29-20(31)17(12-11-15-7-2-1-3-8-15)28-19(30)16(24)9-6-14-27-22(25)26/h1-3,7-8,16-18H,4-6,9-14,23-24H2,(H,28,30)(H,29,31)(H,32,33)(H4,25,26,27)/t16-,17-,18-/m0/s1. The van der Waals surface area contributed by atoms with Crippen molar-refractivity contribution in [3.8, 4) is 0 Å². The lowest BCUT2D eigenvalue weighted by Crippen LogP contribution is -2.54. The van der Waals surface area contributed by atoms with Crippen molar-refractivity contribution in [1.29, 1.82) is 0 Å². The molecule has 33 heavy (non-hydrogen) atoms. The monoisotopic (exact) mass is 463 g/mol. The molecule has 11 nitrogen and oxygen atoms in total. The molecule has 1 aromatic rings. The van der Waals surface area contributed by atoms with Gasteiger partial charge in [0.1, 0.15) is 12.1 Å². The molecule has 0 unspecified atom stereocenters. The van der Waals surface area contributed by atoms with Gasteiger partial charge in [0, 0.05) is 6.54 Å². The van der Waals surface area contributed by atoms with Gasteiger partial charge in [-0.2, -0.15) is 0 Å². The van der Waals surface area contributed by atoms with E-state index in [1.165, 1.54) is 0 Å². The Balaban J connectivity index is 2.79. The normalized spacial score (nSPS) is 13.4. The van der Waals surface area contributed by atoms with Crippen molar-refractivity contribution in [3.05, 3.63) is 35.9 Å². The Morgan fingerprint density at radius 2 is 1.58 bits per heavy atom. The molecule has 0 aliphatic rings. The SMILES string of the molecule is NCCCC[C@H](NC(=O)[C@H](CCc1ccccc1)NC(=O)[C@@H](N)CCCN=C(N)N)C(=O)O. The molecule has 1 rings (SSSR count). The van der Waals surface area contributed by atoms with E-state index in [0.29, 0.717) is 45.2 Å². The Hall–Kier alpha value is -3.18. The minimum absolute atomic E-state index is 0.0369. The van der Waals surface area contributed by atoms with E-state index in [-0.39, 0.29) is 18.8 Å². The fourth-order valence-corrected chi connectivity index (χ4v) is 3.18. The number of aryl methyl sites for hydroxylation is 1. The second kappa shape index (κ2) is 15.6. The Bertz CT molecular complexity index is 769. The number of nitrogens with zero attached hydrogens (tertiary/aromatic N) is 1. The molecule has 0 heterocycles. The first-order valence-electron chi connectivity index (χ1n) is 11.1. The molecule has 0 radical (unpaired) electrons. The predicted molar refractivity (Wildman–Crippen MR) is 127 cm³/mol. The van der Waals surface area contributed by atoms with Crippen molar-refractivity contribution in [3.63, 3.8) is 0 Å². The van der Waals surface area contributed by atoms with Crippen LogP contribution in [0.5, 0.6) is 0 Å². The van der Waals surface area contributed by atoms with E-state index in [2.05, 4.69) is 15.6 Å². The molecule has 0 spiro atoms. The fourth-order valence-electron chi connectivity index (χ4n) is 3.18. The van der Waals surface area contributed by atoms with Crippen molar-refractivity contribution >= 4 is 23.7 Å². The van der Waals surface area contributed by atoms with Crippen LogP contribution in [0.15, 0.2) is 35.3 Å². The van der Waals surface area contributed by atoms with Crippen LogP contribution in [0.25, 0.3) is 0 Å². The van der Waals surface area contributed by atoms with E-state index in [9.17, 15) is 19.5 Å². The number of amides is 2. The van der Waals surface area contributed by atoms with Crippen molar-refractivity contribution in [2.45, 2.75) is 63.1 Å². The Kier molecular flexibility index (Phi) is 13.2. The zero-order valence-electron chi connectivity index (χ0n) is 18.9. The summed E-state index contributed by atoms with van der Waals surface area (Å²) < 4.78 is 0. The Morgan fingerprint density at radius 1 is 0.909 bits per heavy atom. The average Bonchev–Trinajstić information content (AvgIpc) is 2.78. The molecule has 0 aliphatic carbocycles. The minimum atomic E-state index is -1.13. The smallest absolute Gasteiger partial charge is 0.326 e. The van der Waals surface area contributed by atoms with E-state index in [1.807, 2.05) is 30.3 Å². The van der Waals surface area contributed by atoms with Crippen molar-refractivity contribution in [2.24, 2.45) is 27.9 Å². The second-order valence-corrected chi connectivity index (χ2v) is 7.82. The van der Waals surface area contributed by atoms with Crippen LogP contribution in [0.4, 0.5) is 0 Å². The van der Waals surface area contributed by atoms with Crippen LogP contribution in [0.3, 0.4) is 0 Å². The summed E-state index contributed by atoms with van der Waals surface area (Å²) in [5, 5.41) is 14.7. The summed E-state index contributed by atoms with van der Waals surface area (Å²) in [6.45, 7) is 0.779. The highest BCUT2D eigenvalue weighted by molar-refractivity contribution is 5.91. The van der Waals surface area contributed by atoms with Gasteiger partial charge in [-0.15, -0.1) is 0 Å². The van der Waals surface area contributed by atoms with Gasteiger partial charge in [-0.05, 0) is 57.1 Å². The van der Waals surface area contributed by atoms with E-state index in [0.717, 1.165) is 5.56 Å². The number of nitrogens with one attached hydrogen (secondary N) is 2. The maximum atomic E-state index is 12.9. The number of guanidine groups is 1. The molecular weight excluding hydrogens is 426 g/mol. The number of hydrogen-bond acceptors (Lipinski definition) is 6. The maximum absolute atomic E-state index is 12.9. The highest BCUT2D eigenvalue weighted by Crippen LogP contribution is 2.08. The predicted octanol–water partition coefficient (Wildman–Crippen LogP) is -0.817. The lowest BCUT2D eigenvalue weighted by atomic mass is 10.0. The summed E-state index contributed by atoms with van der Waals surface area (Å²) in [6.07, 6.45) is 3.10. The quantitative estimate of drug-likeness (QED) is 0.0932. The van der Waals surface area contributed by atoms with Gasteiger partial charge < -0.3 is 38.7 Å².